The van der Waals surface area contributed by atoms with Gasteiger partial charge in [-0.25, -0.2) is 4.39 Å². The summed E-state index contributed by atoms with van der Waals surface area (Å²) in [5, 5.41) is 12.1. The third-order valence-corrected chi connectivity index (χ3v) is 2.69. The van der Waals surface area contributed by atoms with Gasteiger partial charge in [0, 0.05) is 5.69 Å². The second-order valence-corrected chi connectivity index (χ2v) is 4.18. The Morgan fingerprint density at radius 1 is 1.24 bits per heavy atom. The van der Waals surface area contributed by atoms with Crippen LogP contribution in [0.2, 0.25) is 0 Å². The quantitative estimate of drug-likeness (QED) is 0.721. The van der Waals surface area contributed by atoms with Gasteiger partial charge in [-0.15, -0.1) is 0 Å². The molecule has 0 aromatic heterocycles. The number of halogens is 1. The van der Waals surface area contributed by atoms with Gasteiger partial charge in [-0.3, -0.25) is 0 Å². The van der Waals surface area contributed by atoms with E-state index in [1.807, 2.05) is 0 Å². The van der Waals surface area contributed by atoms with E-state index in [1.165, 1.54) is 31.4 Å². The first-order valence-corrected chi connectivity index (χ1v) is 6.18. The Morgan fingerprint density at radius 3 is 2.53 bits per heavy atom. The molecule has 0 spiro atoms. The van der Waals surface area contributed by atoms with Gasteiger partial charge in [0.15, 0.2) is 0 Å². The van der Waals surface area contributed by atoms with Crippen molar-refractivity contribution in [1.29, 1.82) is 5.26 Å². The maximum Gasteiger partial charge on any atom is 0.123 e. The molecule has 1 atom stereocenters. The fraction of sp³-hybridized carbons (Fsp3) is 0.500. The summed E-state index contributed by atoms with van der Waals surface area (Å²) in [7, 11) is 0. The highest BCUT2D eigenvalue weighted by molar-refractivity contribution is 5.44. The van der Waals surface area contributed by atoms with Gasteiger partial charge in [0.25, 0.3) is 0 Å². The third kappa shape index (κ3) is 5.35. The second-order valence-electron chi connectivity index (χ2n) is 4.18. The van der Waals surface area contributed by atoms with Crippen molar-refractivity contribution in [3.8, 4) is 6.07 Å². The van der Waals surface area contributed by atoms with Crippen LogP contribution < -0.4 is 5.32 Å². The van der Waals surface area contributed by atoms with E-state index < -0.39 is 0 Å². The van der Waals surface area contributed by atoms with E-state index in [1.54, 1.807) is 12.1 Å². The number of unbranched alkanes of at least 4 members (excludes halogenated alkanes) is 3. The number of benzene rings is 1. The van der Waals surface area contributed by atoms with Crippen LogP contribution in [0.25, 0.3) is 0 Å². The summed E-state index contributed by atoms with van der Waals surface area (Å²) in [6.07, 6.45) is 5.48. The van der Waals surface area contributed by atoms with Crippen LogP contribution in [0.1, 0.15) is 39.0 Å². The Labute approximate surface area is 102 Å². The number of nitrogens with zero attached hydrogens (tertiary/aromatic N) is 1. The lowest BCUT2D eigenvalue weighted by atomic mass is 10.1. The molecule has 0 saturated carbocycles. The Morgan fingerprint density at radius 2 is 1.94 bits per heavy atom. The summed E-state index contributed by atoms with van der Waals surface area (Å²) >= 11 is 0. The minimum absolute atomic E-state index is 0.183. The molecular weight excluding hydrogens is 215 g/mol. The van der Waals surface area contributed by atoms with Crippen LogP contribution in [-0.4, -0.2) is 6.04 Å². The first-order valence-electron chi connectivity index (χ1n) is 6.18. The van der Waals surface area contributed by atoms with Crippen LogP contribution in [0.3, 0.4) is 0 Å². The van der Waals surface area contributed by atoms with Crippen molar-refractivity contribution in [2.45, 2.75) is 45.1 Å². The van der Waals surface area contributed by atoms with E-state index in [2.05, 4.69) is 18.3 Å². The molecule has 0 amide bonds. The van der Waals surface area contributed by atoms with E-state index in [9.17, 15) is 4.39 Å². The predicted molar refractivity (Wildman–Crippen MR) is 68.2 cm³/mol. The van der Waals surface area contributed by atoms with Crippen molar-refractivity contribution in [1.82, 2.24) is 0 Å². The molecule has 0 heterocycles. The molecule has 1 rings (SSSR count). The van der Waals surface area contributed by atoms with Gasteiger partial charge >= 0.3 is 0 Å². The standard InChI is InChI=1S/C14H19FN2/c1-2-3-4-5-6-14(11-16)17-13-9-7-12(15)8-10-13/h7-10,14,17H,2-6H2,1H3. The zero-order valence-corrected chi connectivity index (χ0v) is 10.2. The second kappa shape index (κ2) is 7.67. The number of hydrogen-bond donors (Lipinski definition) is 1. The highest BCUT2D eigenvalue weighted by Crippen LogP contribution is 2.13. The van der Waals surface area contributed by atoms with Gasteiger partial charge in [0.2, 0.25) is 0 Å². The van der Waals surface area contributed by atoms with Crippen LogP contribution in [0.15, 0.2) is 24.3 Å². The van der Waals surface area contributed by atoms with Crippen molar-refractivity contribution in [3.05, 3.63) is 30.1 Å². The van der Waals surface area contributed by atoms with Gasteiger partial charge in [0.1, 0.15) is 11.9 Å². The van der Waals surface area contributed by atoms with Crippen molar-refractivity contribution < 1.29 is 4.39 Å². The molecule has 1 unspecified atom stereocenters. The zero-order valence-electron chi connectivity index (χ0n) is 10.2. The van der Waals surface area contributed by atoms with Crippen LogP contribution >= 0.6 is 0 Å². The van der Waals surface area contributed by atoms with Gasteiger partial charge in [0.05, 0.1) is 6.07 Å². The molecule has 0 aliphatic carbocycles. The molecule has 3 heteroatoms. The van der Waals surface area contributed by atoms with Crippen molar-refractivity contribution >= 4 is 5.69 Å². The van der Waals surface area contributed by atoms with Gasteiger partial charge in [-0.2, -0.15) is 5.26 Å². The van der Waals surface area contributed by atoms with E-state index in [0.717, 1.165) is 18.5 Å². The lowest BCUT2D eigenvalue weighted by Gasteiger charge is -2.12. The van der Waals surface area contributed by atoms with E-state index in [0.29, 0.717) is 0 Å². The van der Waals surface area contributed by atoms with Crippen LogP contribution in [0, 0.1) is 17.1 Å². The van der Waals surface area contributed by atoms with Gasteiger partial charge in [-0.05, 0) is 30.7 Å². The molecule has 0 radical (unpaired) electrons. The van der Waals surface area contributed by atoms with Crippen LogP contribution in [0.4, 0.5) is 10.1 Å². The molecular formula is C14H19FN2. The van der Waals surface area contributed by atoms with E-state index >= 15 is 0 Å². The number of anilines is 1. The number of hydrogen-bond acceptors (Lipinski definition) is 2. The number of rotatable bonds is 7. The largest absolute Gasteiger partial charge is 0.370 e. The normalized spacial score (nSPS) is 11.8. The summed E-state index contributed by atoms with van der Waals surface area (Å²) in [6, 6.07) is 8.16. The van der Waals surface area contributed by atoms with Crippen molar-refractivity contribution in [2.24, 2.45) is 0 Å². The smallest absolute Gasteiger partial charge is 0.123 e. The summed E-state index contributed by atoms with van der Waals surface area (Å²) in [4.78, 5) is 0. The molecule has 0 saturated heterocycles. The molecule has 0 aliphatic rings. The molecule has 17 heavy (non-hydrogen) atoms. The fourth-order valence-corrected chi connectivity index (χ4v) is 1.69. The topological polar surface area (TPSA) is 35.8 Å². The summed E-state index contributed by atoms with van der Waals surface area (Å²) < 4.78 is 12.7. The summed E-state index contributed by atoms with van der Waals surface area (Å²) in [5.74, 6) is -0.257. The van der Waals surface area contributed by atoms with Gasteiger partial charge < -0.3 is 5.32 Å². The van der Waals surface area contributed by atoms with E-state index in [4.69, 9.17) is 5.26 Å². The highest BCUT2D eigenvalue weighted by Gasteiger charge is 2.06. The first kappa shape index (κ1) is 13.5. The third-order valence-electron chi connectivity index (χ3n) is 2.69. The number of nitrogens with one attached hydrogen (secondary N) is 1. The van der Waals surface area contributed by atoms with Crippen LogP contribution in [-0.2, 0) is 0 Å². The Kier molecular flexibility index (Phi) is 6.09. The monoisotopic (exact) mass is 234 g/mol. The molecule has 2 nitrogen and oxygen atoms in total. The zero-order chi connectivity index (χ0) is 12.5. The molecule has 0 bridgehead atoms. The maximum atomic E-state index is 12.7. The van der Waals surface area contributed by atoms with Crippen molar-refractivity contribution in [2.75, 3.05) is 5.32 Å². The van der Waals surface area contributed by atoms with Gasteiger partial charge in [-0.1, -0.05) is 32.6 Å². The molecule has 1 aromatic rings. The minimum Gasteiger partial charge on any atom is -0.370 e. The average molecular weight is 234 g/mol. The predicted octanol–water partition coefficient (Wildman–Crippen LogP) is 4.10. The summed E-state index contributed by atoms with van der Waals surface area (Å²) in [6.45, 7) is 2.17. The minimum atomic E-state index is -0.257. The van der Waals surface area contributed by atoms with Crippen molar-refractivity contribution in [3.63, 3.8) is 0 Å². The fourth-order valence-electron chi connectivity index (χ4n) is 1.69. The lowest BCUT2D eigenvalue weighted by molar-refractivity contribution is 0.617. The Bertz CT molecular complexity index is 353. The number of nitriles is 1. The molecule has 92 valence electrons. The first-order chi connectivity index (χ1) is 8.26. The lowest BCUT2D eigenvalue weighted by Crippen LogP contribution is -2.16. The molecule has 0 aliphatic heterocycles. The molecule has 1 aromatic carbocycles. The Hall–Kier alpha value is -1.56. The van der Waals surface area contributed by atoms with Crippen LogP contribution in [0.5, 0.6) is 0 Å². The highest BCUT2D eigenvalue weighted by atomic mass is 19.1. The average Bonchev–Trinajstić information content (AvgIpc) is 2.35. The maximum absolute atomic E-state index is 12.7. The van der Waals surface area contributed by atoms with E-state index in [-0.39, 0.29) is 11.9 Å². The molecule has 1 N–H and O–H groups in total. The summed E-state index contributed by atoms with van der Waals surface area (Å²) in [5.41, 5.74) is 0.799. The molecule has 0 fully saturated rings. The Balaban J connectivity index is 2.36. The SMILES string of the molecule is CCCCCCC(C#N)Nc1ccc(F)cc1.